The summed E-state index contributed by atoms with van der Waals surface area (Å²) in [4.78, 5) is 14.8. The zero-order valence-electron chi connectivity index (χ0n) is 11.2. The minimum Gasteiger partial charge on any atom is -0.349 e. The molecule has 1 aromatic heterocycles. The lowest BCUT2D eigenvalue weighted by atomic mass is 10.1. The van der Waals surface area contributed by atoms with Crippen molar-refractivity contribution in [2.45, 2.75) is 6.04 Å². The minimum atomic E-state index is -0.00205. The summed E-state index contributed by atoms with van der Waals surface area (Å²) in [7, 11) is 4.05. The molecular weight excluding hydrogens is 256 g/mol. The van der Waals surface area contributed by atoms with E-state index < -0.39 is 0 Å². The number of hydrogen-bond acceptors (Lipinski definition) is 3. The quantitative estimate of drug-likeness (QED) is 0.909. The first-order valence-corrected chi connectivity index (χ1v) is 7.09. The van der Waals surface area contributed by atoms with Crippen molar-refractivity contribution in [3.63, 3.8) is 0 Å². The van der Waals surface area contributed by atoms with E-state index in [1.807, 2.05) is 49.8 Å². The van der Waals surface area contributed by atoms with Crippen LogP contribution in [0.2, 0.25) is 0 Å². The van der Waals surface area contributed by atoms with E-state index in [-0.39, 0.29) is 11.9 Å². The van der Waals surface area contributed by atoms with Crippen molar-refractivity contribution in [2.75, 3.05) is 20.6 Å². The molecule has 0 unspecified atom stereocenters. The fraction of sp³-hybridized carbons (Fsp3) is 0.267. The number of carbonyl (C=O) groups is 1. The van der Waals surface area contributed by atoms with Crippen LogP contribution in [0, 0.1) is 0 Å². The number of likely N-dealkylation sites (N-methyl/N-ethyl adjacent to an activating group) is 1. The SMILES string of the molecule is CN(C)[C@@H](CNC(=O)c1cccs1)c1ccccc1. The van der Waals surface area contributed by atoms with Crippen molar-refractivity contribution in [2.24, 2.45) is 0 Å². The van der Waals surface area contributed by atoms with Crippen LogP contribution in [0.3, 0.4) is 0 Å². The van der Waals surface area contributed by atoms with Crippen LogP contribution in [0.5, 0.6) is 0 Å². The third kappa shape index (κ3) is 3.66. The second kappa shape index (κ2) is 6.50. The predicted molar refractivity (Wildman–Crippen MR) is 79.5 cm³/mol. The lowest BCUT2D eigenvalue weighted by Crippen LogP contribution is -2.34. The van der Waals surface area contributed by atoms with Crippen molar-refractivity contribution in [3.8, 4) is 0 Å². The lowest BCUT2D eigenvalue weighted by molar-refractivity contribution is 0.0946. The molecule has 1 N–H and O–H groups in total. The van der Waals surface area contributed by atoms with Gasteiger partial charge in [-0.3, -0.25) is 4.79 Å². The van der Waals surface area contributed by atoms with E-state index in [0.717, 1.165) is 4.88 Å². The van der Waals surface area contributed by atoms with E-state index >= 15 is 0 Å². The molecule has 0 saturated heterocycles. The van der Waals surface area contributed by atoms with Gasteiger partial charge in [0.05, 0.1) is 10.9 Å². The minimum absolute atomic E-state index is 0.00205. The number of amides is 1. The number of benzene rings is 1. The number of rotatable bonds is 5. The standard InChI is InChI=1S/C15H18N2OS/c1-17(2)13(12-7-4-3-5-8-12)11-16-15(18)14-9-6-10-19-14/h3-10,13H,11H2,1-2H3,(H,16,18)/t13-/m0/s1. The molecule has 3 nitrogen and oxygen atoms in total. The van der Waals surface area contributed by atoms with Crippen LogP contribution in [-0.4, -0.2) is 31.4 Å². The summed E-state index contributed by atoms with van der Waals surface area (Å²) in [5.41, 5.74) is 1.21. The maximum atomic E-state index is 11.9. The molecule has 0 fully saturated rings. The molecule has 4 heteroatoms. The van der Waals surface area contributed by atoms with Crippen LogP contribution < -0.4 is 5.32 Å². The maximum Gasteiger partial charge on any atom is 0.261 e. The number of thiophene rings is 1. The van der Waals surface area contributed by atoms with Crippen molar-refractivity contribution < 1.29 is 4.79 Å². The first kappa shape index (κ1) is 13.8. The second-order valence-electron chi connectivity index (χ2n) is 4.58. The molecular formula is C15H18N2OS. The van der Waals surface area contributed by atoms with Crippen molar-refractivity contribution in [1.29, 1.82) is 0 Å². The highest BCUT2D eigenvalue weighted by Gasteiger charge is 2.15. The Hall–Kier alpha value is -1.65. The summed E-state index contributed by atoms with van der Waals surface area (Å²) in [6.07, 6.45) is 0. The highest BCUT2D eigenvalue weighted by molar-refractivity contribution is 7.12. The van der Waals surface area contributed by atoms with Crippen LogP contribution in [0.25, 0.3) is 0 Å². The third-order valence-electron chi connectivity index (χ3n) is 3.01. The summed E-state index contributed by atoms with van der Waals surface area (Å²) in [6, 6.07) is 14.1. The van der Waals surface area contributed by atoms with Crippen LogP contribution in [0.4, 0.5) is 0 Å². The van der Waals surface area contributed by atoms with Gasteiger partial charge in [-0.05, 0) is 31.1 Å². The summed E-state index contributed by atoms with van der Waals surface area (Å²) < 4.78 is 0. The summed E-state index contributed by atoms with van der Waals surface area (Å²) in [5.74, 6) is -0.00205. The number of carbonyl (C=O) groups excluding carboxylic acids is 1. The molecule has 1 amide bonds. The fourth-order valence-electron chi connectivity index (χ4n) is 1.96. The molecule has 0 spiro atoms. The van der Waals surface area contributed by atoms with E-state index in [1.165, 1.54) is 16.9 Å². The zero-order chi connectivity index (χ0) is 13.7. The first-order valence-electron chi connectivity index (χ1n) is 6.21. The van der Waals surface area contributed by atoms with E-state index in [0.29, 0.717) is 6.54 Å². The van der Waals surface area contributed by atoms with Gasteiger partial charge in [-0.1, -0.05) is 36.4 Å². The molecule has 0 aliphatic rings. The molecule has 1 atom stereocenters. The molecule has 1 aromatic carbocycles. The number of nitrogens with zero attached hydrogens (tertiary/aromatic N) is 1. The fourth-order valence-corrected chi connectivity index (χ4v) is 2.60. The molecule has 0 aliphatic carbocycles. The van der Waals surface area contributed by atoms with Gasteiger partial charge >= 0.3 is 0 Å². The number of nitrogens with one attached hydrogen (secondary N) is 1. The van der Waals surface area contributed by atoms with E-state index in [4.69, 9.17) is 0 Å². The van der Waals surface area contributed by atoms with Gasteiger partial charge in [0.2, 0.25) is 0 Å². The Labute approximate surface area is 117 Å². The van der Waals surface area contributed by atoms with Crippen LogP contribution in [0.15, 0.2) is 47.8 Å². The molecule has 0 aliphatic heterocycles. The van der Waals surface area contributed by atoms with E-state index in [1.54, 1.807) is 0 Å². The Kier molecular flexibility index (Phi) is 4.71. The molecule has 1 heterocycles. The normalized spacial score (nSPS) is 12.4. The highest BCUT2D eigenvalue weighted by Crippen LogP contribution is 2.17. The average Bonchev–Trinajstić information content (AvgIpc) is 2.93. The second-order valence-corrected chi connectivity index (χ2v) is 5.53. The van der Waals surface area contributed by atoms with Gasteiger partial charge in [0.15, 0.2) is 0 Å². The topological polar surface area (TPSA) is 32.3 Å². The first-order chi connectivity index (χ1) is 9.18. The average molecular weight is 274 g/mol. The Morgan fingerprint density at radius 3 is 2.53 bits per heavy atom. The van der Waals surface area contributed by atoms with Crippen molar-refractivity contribution in [1.82, 2.24) is 10.2 Å². The van der Waals surface area contributed by atoms with Crippen LogP contribution in [0.1, 0.15) is 21.3 Å². The Morgan fingerprint density at radius 2 is 1.95 bits per heavy atom. The smallest absolute Gasteiger partial charge is 0.261 e. The Balaban J connectivity index is 2.01. The van der Waals surface area contributed by atoms with Gasteiger partial charge in [-0.15, -0.1) is 11.3 Å². The van der Waals surface area contributed by atoms with Gasteiger partial charge in [-0.2, -0.15) is 0 Å². The zero-order valence-corrected chi connectivity index (χ0v) is 12.0. The van der Waals surface area contributed by atoms with Gasteiger partial charge in [-0.25, -0.2) is 0 Å². The molecule has 0 radical (unpaired) electrons. The Morgan fingerprint density at radius 1 is 1.21 bits per heavy atom. The summed E-state index contributed by atoms with van der Waals surface area (Å²) >= 11 is 1.46. The number of hydrogen-bond donors (Lipinski definition) is 1. The van der Waals surface area contributed by atoms with E-state index in [9.17, 15) is 4.79 Å². The summed E-state index contributed by atoms with van der Waals surface area (Å²) in [5, 5.41) is 4.91. The van der Waals surface area contributed by atoms with Gasteiger partial charge in [0, 0.05) is 6.54 Å². The van der Waals surface area contributed by atoms with Crippen LogP contribution >= 0.6 is 11.3 Å². The Bertz CT molecular complexity index is 508. The van der Waals surface area contributed by atoms with Crippen molar-refractivity contribution >= 4 is 17.2 Å². The van der Waals surface area contributed by atoms with E-state index in [2.05, 4.69) is 22.3 Å². The summed E-state index contributed by atoms with van der Waals surface area (Å²) in [6.45, 7) is 0.605. The molecule has 0 bridgehead atoms. The molecule has 100 valence electrons. The largest absolute Gasteiger partial charge is 0.349 e. The molecule has 0 saturated carbocycles. The van der Waals surface area contributed by atoms with Crippen LogP contribution in [-0.2, 0) is 0 Å². The monoisotopic (exact) mass is 274 g/mol. The van der Waals surface area contributed by atoms with Crippen molar-refractivity contribution in [3.05, 3.63) is 58.3 Å². The predicted octanol–water partition coefficient (Wildman–Crippen LogP) is 2.78. The molecule has 2 aromatic rings. The highest BCUT2D eigenvalue weighted by atomic mass is 32.1. The third-order valence-corrected chi connectivity index (χ3v) is 3.88. The lowest BCUT2D eigenvalue weighted by Gasteiger charge is -2.25. The van der Waals surface area contributed by atoms with Gasteiger partial charge in [0.25, 0.3) is 5.91 Å². The molecule has 19 heavy (non-hydrogen) atoms. The van der Waals surface area contributed by atoms with Gasteiger partial charge in [0.1, 0.15) is 0 Å². The molecule has 2 rings (SSSR count). The van der Waals surface area contributed by atoms with Gasteiger partial charge < -0.3 is 10.2 Å². The maximum absolute atomic E-state index is 11.9.